The Morgan fingerprint density at radius 1 is 1.32 bits per heavy atom. The standard InChI is InChI=1S/C16H20O3/c1-11(17)14-9-19-15-7-12(5-6-13(14)15)8-18-10-16(2,3)4/h5-7,9H,8,10H2,1-4H3. The lowest BCUT2D eigenvalue weighted by Gasteiger charge is -2.17. The molecule has 0 fully saturated rings. The molecule has 0 saturated heterocycles. The number of hydrogen-bond acceptors (Lipinski definition) is 3. The molecule has 1 aromatic heterocycles. The Bertz CT molecular complexity index is 588. The summed E-state index contributed by atoms with van der Waals surface area (Å²) in [4.78, 5) is 11.4. The number of benzene rings is 1. The molecule has 3 nitrogen and oxygen atoms in total. The summed E-state index contributed by atoms with van der Waals surface area (Å²) in [6.07, 6.45) is 1.52. The summed E-state index contributed by atoms with van der Waals surface area (Å²) in [5.74, 6) is 0.0236. The largest absolute Gasteiger partial charge is 0.464 e. The highest BCUT2D eigenvalue weighted by Crippen LogP contribution is 2.23. The van der Waals surface area contributed by atoms with Crippen molar-refractivity contribution >= 4 is 16.8 Å². The van der Waals surface area contributed by atoms with Crippen LogP contribution in [-0.2, 0) is 11.3 Å². The first kappa shape index (κ1) is 13.8. The molecule has 0 bridgehead atoms. The Morgan fingerprint density at radius 2 is 2.05 bits per heavy atom. The van der Waals surface area contributed by atoms with Crippen molar-refractivity contribution in [2.24, 2.45) is 5.41 Å². The Balaban J connectivity index is 2.12. The Morgan fingerprint density at radius 3 is 2.68 bits per heavy atom. The molecular formula is C16H20O3. The maximum absolute atomic E-state index is 11.4. The highest BCUT2D eigenvalue weighted by molar-refractivity contribution is 6.05. The quantitative estimate of drug-likeness (QED) is 0.773. The van der Waals surface area contributed by atoms with Gasteiger partial charge in [-0.15, -0.1) is 0 Å². The number of rotatable bonds is 4. The Hall–Kier alpha value is -1.61. The summed E-state index contributed by atoms with van der Waals surface area (Å²) in [6.45, 7) is 9.24. The van der Waals surface area contributed by atoms with Gasteiger partial charge in [-0.25, -0.2) is 0 Å². The van der Waals surface area contributed by atoms with Gasteiger partial charge in [-0.3, -0.25) is 4.79 Å². The molecule has 2 aromatic rings. The lowest BCUT2D eigenvalue weighted by atomic mass is 9.99. The van der Waals surface area contributed by atoms with Gasteiger partial charge in [0.05, 0.1) is 18.8 Å². The van der Waals surface area contributed by atoms with Crippen molar-refractivity contribution in [1.29, 1.82) is 0 Å². The third kappa shape index (κ3) is 3.44. The highest BCUT2D eigenvalue weighted by atomic mass is 16.5. The molecule has 1 aromatic carbocycles. The van der Waals surface area contributed by atoms with Crippen molar-refractivity contribution in [2.75, 3.05) is 6.61 Å². The number of carbonyl (C=O) groups is 1. The van der Waals surface area contributed by atoms with E-state index in [4.69, 9.17) is 9.15 Å². The van der Waals surface area contributed by atoms with Gasteiger partial charge in [0.2, 0.25) is 0 Å². The molecule has 2 rings (SSSR count). The van der Waals surface area contributed by atoms with Gasteiger partial charge in [0.15, 0.2) is 5.78 Å². The molecule has 0 spiro atoms. The normalized spacial score (nSPS) is 12.0. The molecule has 0 N–H and O–H groups in total. The summed E-state index contributed by atoms with van der Waals surface area (Å²) >= 11 is 0. The monoisotopic (exact) mass is 260 g/mol. The predicted molar refractivity (Wildman–Crippen MR) is 75.3 cm³/mol. The first-order chi connectivity index (χ1) is 8.87. The van der Waals surface area contributed by atoms with E-state index in [-0.39, 0.29) is 11.2 Å². The van der Waals surface area contributed by atoms with E-state index < -0.39 is 0 Å². The minimum Gasteiger partial charge on any atom is -0.464 e. The molecule has 0 unspecified atom stereocenters. The number of hydrogen-bond donors (Lipinski definition) is 0. The Labute approximate surface area is 113 Å². The van der Waals surface area contributed by atoms with Gasteiger partial charge in [-0.1, -0.05) is 32.9 Å². The van der Waals surface area contributed by atoms with E-state index in [0.717, 1.165) is 16.5 Å². The van der Waals surface area contributed by atoms with Crippen molar-refractivity contribution in [3.05, 3.63) is 35.6 Å². The van der Waals surface area contributed by atoms with Crippen molar-refractivity contribution in [3.8, 4) is 0 Å². The van der Waals surface area contributed by atoms with Gasteiger partial charge < -0.3 is 9.15 Å². The van der Waals surface area contributed by atoms with Crippen LogP contribution in [0.4, 0.5) is 0 Å². The topological polar surface area (TPSA) is 39.4 Å². The maximum Gasteiger partial charge on any atom is 0.163 e. The van der Waals surface area contributed by atoms with Crippen LogP contribution in [0, 0.1) is 5.41 Å². The second-order valence-electron chi connectivity index (χ2n) is 6.09. The summed E-state index contributed by atoms with van der Waals surface area (Å²) in [5.41, 5.74) is 2.59. The van der Waals surface area contributed by atoms with E-state index in [2.05, 4.69) is 20.8 Å². The molecule has 0 aliphatic rings. The molecule has 0 aliphatic heterocycles. The molecule has 3 heteroatoms. The smallest absolute Gasteiger partial charge is 0.163 e. The van der Waals surface area contributed by atoms with Crippen LogP contribution in [0.15, 0.2) is 28.9 Å². The average molecular weight is 260 g/mol. The van der Waals surface area contributed by atoms with Crippen LogP contribution in [0.5, 0.6) is 0 Å². The molecule has 0 amide bonds. The van der Waals surface area contributed by atoms with Crippen LogP contribution in [0.25, 0.3) is 11.0 Å². The van der Waals surface area contributed by atoms with Gasteiger partial charge in [0, 0.05) is 5.39 Å². The fraction of sp³-hybridized carbons (Fsp3) is 0.438. The van der Waals surface area contributed by atoms with Crippen LogP contribution < -0.4 is 0 Å². The molecular weight excluding hydrogens is 240 g/mol. The molecule has 0 aliphatic carbocycles. The molecule has 102 valence electrons. The van der Waals surface area contributed by atoms with Crippen LogP contribution in [-0.4, -0.2) is 12.4 Å². The molecule has 0 atom stereocenters. The van der Waals surface area contributed by atoms with E-state index >= 15 is 0 Å². The van der Waals surface area contributed by atoms with E-state index in [1.54, 1.807) is 6.92 Å². The van der Waals surface area contributed by atoms with E-state index in [9.17, 15) is 4.79 Å². The second kappa shape index (κ2) is 5.17. The maximum atomic E-state index is 11.4. The minimum absolute atomic E-state index is 0.0236. The summed E-state index contributed by atoms with van der Waals surface area (Å²) < 4.78 is 11.1. The average Bonchev–Trinajstić information content (AvgIpc) is 2.70. The number of Topliss-reactive ketones (excluding diaryl/α,β-unsaturated/α-hetero) is 1. The first-order valence-electron chi connectivity index (χ1n) is 6.46. The fourth-order valence-electron chi connectivity index (χ4n) is 1.91. The third-order valence-corrected chi connectivity index (χ3v) is 2.82. The van der Waals surface area contributed by atoms with Crippen LogP contribution in [0.2, 0.25) is 0 Å². The zero-order valence-corrected chi connectivity index (χ0v) is 11.9. The Kier molecular flexibility index (Phi) is 3.76. The van der Waals surface area contributed by atoms with Crippen LogP contribution >= 0.6 is 0 Å². The summed E-state index contributed by atoms with van der Waals surface area (Å²) in [6, 6.07) is 5.84. The van der Waals surface area contributed by atoms with E-state index in [1.165, 1.54) is 6.26 Å². The molecule has 0 saturated carbocycles. The number of ether oxygens (including phenoxy) is 1. The van der Waals surface area contributed by atoms with Gasteiger partial charge in [-0.05, 0) is 24.0 Å². The fourth-order valence-corrected chi connectivity index (χ4v) is 1.91. The summed E-state index contributed by atoms with van der Waals surface area (Å²) in [7, 11) is 0. The van der Waals surface area contributed by atoms with Gasteiger partial charge in [-0.2, -0.15) is 0 Å². The van der Waals surface area contributed by atoms with E-state index in [0.29, 0.717) is 18.8 Å². The van der Waals surface area contributed by atoms with E-state index in [1.807, 2.05) is 18.2 Å². The lowest BCUT2D eigenvalue weighted by molar-refractivity contribution is 0.0599. The zero-order valence-electron chi connectivity index (χ0n) is 11.9. The zero-order chi connectivity index (χ0) is 14.0. The number of fused-ring (bicyclic) bond motifs is 1. The summed E-state index contributed by atoms with van der Waals surface area (Å²) in [5, 5.41) is 0.868. The second-order valence-corrected chi connectivity index (χ2v) is 6.09. The van der Waals surface area contributed by atoms with Gasteiger partial charge in [0.25, 0.3) is 0 Å². The minimum atomic E-state index is 0.0236. The van der Waals surface area contributed by atoms with Gasteiger partial charge in [0.1, 0.15) is 11.8 Å². The number of furan rings is 1. The van der Waals surface area contributed by atoms with Crippen LogP contribution in [0.1, 0.15) is 43.6 Å². The lowest BCUT2D eigenvalue weighted by Crippen LogP contribution is -2.14. The SMILES string of the molecule is CC(=O)c1coc2cc(COCC(C)(C)C)ccc12. The first-order valence-corrected chi connectivity index (χ1v) is 6.46. The molecule has 1 heterocycles. The molecule has 0 radical (unpaired) electrons. The van der Waals surface area contributed by atoms with Gasteiger partial charge >= 0.3 is 0 Å². The predicted octanol–water partition coefficient (Wildman–Crippen LogP) is 4.20. The number of ketones is 1. The van der Waals surface area contributed by atoms with Crippen molar-refractivity contribution in [3.63, 3.8) is 0 Å². The van der Waals surface area contributed by atoms with Crippen LogP contribution in [0.3, 0.4) is 0 Å². The molecule has 19 heavy (non-hydrogen) atoms. The van der Waals surface area contributed by atoms with Crippen molar-refractivity contribution < 1.29 is 13.9 Å². The number of carbonyl (C=O) groups excluding carboxylic acids is 1. The van der Waals surface area contributed by atoms with Crippen molar-refractivity contribution in [2.45, 2.75) is 34.3 Å². The van der Waals surface area contributed by atoms with Crippen molar-refractivity contribution in [1.82, 2.24) is 0 Å². The highest BCUT2D eigenvalue weighted by Gasteiger charge is 2.12. The third-order valence-electron chi connectivity index (χ3n) is 2.82.